The molecule has 86 valence electrons. The minimum absolute atomic E-state index is 0.361. The fourth-order valence-corrected chi connectivity index (χ4v) is 1.93. The van der Waals surface area contributed by atoms with Crippen LogP contribution in [-0.4, -0.2) is 4.57 Å². The van der Waals surface area contributed by atoms with E-state index in [0.29, 0.717) is 5.41 Å². The minimum atomic E-state index is 0.361. The van der Waals surface area contributed by atoms with Crippen LogP contribution in [0.3, 0.4) is 0 Å². The average Bonchev–Trinajstić information content (AvgIpc) is 2.58. The topological polar surface area (TPSA) is 30.9 Å². The van der Waals surface area contributed by atoms with Gasteiger partial charge in [0.15, 0.2) is 0 Å². The molecule has 0 amide bonds. The second-order valence-electron chi connectivity index (χ2n) is 5.60. The Balaban J connectivity index is 2.32. The number of nitrogens with zero attached hydrogens (tertiary/aromatic N) is 1. The van der Waals surface area contributed by atoms with Gasteiger partial charge in [0.25, 0.3) is 0 Å². The van der Waals surface area contributed by atoms with Crippen LogP contribution in [0.4, 0.5) is 5.69 Å². The molecule has 0 atom stereocenters. The SMILES string of the molecule is CC(C)(C)CCn1ccc2cccc(N)c21. The van der Waals surface area contributed by atoms with Crippen molar-refractivity contribution in [2.24, 2.45) is 5.41 Å². The molecule has 0 aliphatic rings. The molecular weight excluding hydrogens is 196 g/mol. The van der Waals surface area contributed by atoms with Crippen molar-refractivity contribution in [1.29, 1.82) is 0 Å². The lowest BCUT2D eigenvalue weighted by Crippen LogP contribution is -2.10. The van der Waals surface area contributed by atoms with Crippen LogP contribution in [-0.2, 0) is 6.54 Å². The zero-order valence-electron chi connectivity index (χ0n) is 10.3. The number of aryl methyl sites for hydroxylation is 1. The Labute approximate surface area is 97.1 Å². The molecule has 16 heavy (non-hydrogen) atoms. The van der Waals surface area contributed by atoms with Crippen molar-refractivity contribution in [3.05, 3.63) is 30.5 Å². The van der Waals surface area contributed by atoms with Crippen LogP contribution in [0.1, 0.15) is 27.2 Å². The van der Waals surface area contributed by atoms with Crippen LogP contribution in [0, 0.1) is 5.41 Å². The van der Waals surface area contributed by atoms with Gasteiger partial charge >= 0.3 is 0 Å². The molecule has 2 nitrogen and oxygen atoms in total. The van der Waals surface area contributed by atoms with Gasteiger partial charge in [-0.25, -0.2) is 0 Å². The monoisotopic (exact) mass is 216 g/mol. The molecule has 0 fully saturated rings. The summed E-state index contributed by atoms with van der Waals surface area (Å²) in [5.74, 6) is 0. The van der Waals surface area contributed by atoms with E-state index in [0.717, 1.165) is 18.7 Å². The number of fused-ring (bicyclic) bond motifs is 1. The van der Waals surface area contributed by atoms with Gasteiger partial charge in [-0.3, -0.25) is 0 Å². The summed E-state index contributed by atoms with van der Waals surface area (Å²) < 4.78 is 2.26. The highest BCUT2D eigenvalue weighted by molar-refractivity contribution is 5.90. The van der Waals surface area contributed by atoms with Crippen LogP contribution in [0.25, 0.3) is 10.9 Å². The van der Waals surface area contributed by atoms with Crippen LogP contribution in [0.2, 0.25) is 0 Å². The highest BCUT2D eigenvalue weighted by atomic mass is 15.0. The molecule has 1 aromatic heterocycles. The first-order chi connectivity index (χ1) is 7.47. The summed E-state index contributed by atoms with van der Waals surface area (Å²) in [7, 11) is 0. The van der Waals surface area contributed by atoms with E-state index in [9.17, 15) is 0 Å². The molecule has 0 aliphatic carbocycles. The summed E-state index contributed by atoms with van der Waals surface area (Å²) in [5.41, 5.74) is 8.43. The Morgan fingerprint density at radius 2 is 1.94 bits per heavy atom. The molecule has 0 radical (unpaired) electrons. The summed E-state index contributed by atoms with van der Waals surface area (Å²) in [6.45, 7) is 7.83. The third-order valence-corrected chi connectivity index (χ3v) is 2.92. The van der Waals surface area contributed by atoms with E-state index in [2.05, 4.69) is 43.7 Å². The predicted octanol–water partition coefficient (Wildman–Crippen LogP) is 3.66. The second kappa shape index (κ2) is 3.85. The van der Waals surface area contributed by atoms with Crippen molar-refractivity contribution in [2.45, 2.75) is 33.7 Å². The van der Waals surface area contributed by atoms with Gasteiger partial charge in [-0.15, -0.1) is 0 Å². The second-order valence-corrected chi connectivity index (χ2v) is 5.60. The van der Waals surface area contributed by atoms with E-state index in [1.54, 1.807) is 0 Å². The van der Waals surface area contributed by atoms with Crippen LogP contribution in [0.5, 0.6) is 0 Å². The number of aromatic nitrogens is 1. The van der Waals surface area contributed by atoms with Gasteiger partial charge in [-0.2, -0.15) is 0 Å². The number of hydrogen-bond acceptors (Lipinski definition) is 1. The van der Waals surface area contributed by atoms with E-state index in [1.807, 2.05) is 12.1 Å². The number of para-hydroxylation sites is 1. The third-order valence-electron chi connectivity index (χ3n) is 2.92. The van der Waals surface area contributed by atoms with Crippen LogP contribution in [0.15, 0.2) is 30.5 Å². The number of nitrogens with two attached hydrogens (primary N) is 1. The molecular formula is C14H20N2. The molecule has 1 aromatic carbocycles. The molecule has 0 unspecified atom stereocenters. The molecule has 0 saturated carbocycles. The van der Waals surface area contributed by atoms with Gasteiger partial charge in [0, 0.05) is 18.1 Å². The third kappa shape index (κ3) is 2.21. The normalized spacial score (nSPS) is 12.2. The quantitative estimate of drug-likeness (QED) is 0.763. The fourth-order valence-electron chi connectivity index (χ4n) is 1.93. The smallest absolute Gasteiger partial charge is 0.0713 e. The number of anilines is 1. The van der Waals surface area contributed by atoms with Gasteiger partial charge in [0.05, 0.1) is 11.2 Å². The molecule has 2 rings (SSSR count). The first-order valence-corrected chi connectivity index (χ1v) is 5.81. The van der Waals surface area contributed by atoms with Gasteiger partial charge in [-0.05, 0) is 24.0 Å². The van der Waals surface area contributed by atoms with Crippen molar-refractivity contribution < 1.29 is 0 Å². The molecule has 2 aromatic rings. The Hall–Kier alpha value is -1.44. The lowest BCUT2D eigenvalue weighted by molar-refractivity contribution is 0.353. The Kier molecular flexibility index (Phi) is 2.66. The highest BCUT2D eigenvalue weighted by Gasteiger charge is 2.11. The van der Waals surface area contributed by atoms with E-state index < -0.39 is 0 Å². The van der Waals surface area contributed by atoms with E-state index in [-0.39, 0.29) is 0 Å². The summed E-state index contributed by atoms with van der Waals surface area (Å²) in [5, 5.41) is 1.23. The average molecular weight is 216 g/mol. The van der Waals surface area contributed by atoms with E-state index >= 15 is 0 Å². The summed E-state index contributed by atoms with van der Waals surface area (Å²) in [6, 6.07) is 8.22. The van der Waals surface area contributed by atoms with Crippen LogP contribution >= 0.6 is 0 Å². The standard InChI is InChI=1S/C14H20N2/c1-14(2,3)8-10-16-9-7-11-5-4-6-12(15)13(11)16/h4-7,9H,8,10,15H2,1-3H3. The molecule has 0 aliphatic heterocycles. The summed E-state index contributed by atoms with van der Waals surface area (Å²) in [6.07, 6.45) is 3.29. The minimum Gasteiger partial charge on any atom is -0.397 e. The zero-order valence-corrected chi connectivity index (χ0v) is 10.3. The van der Waals surface area contributed by atoms with Gasteiger partial charge in [0.1, 0.15) is 0 Å². The predicted molar refractivity (Wildman–Crippen MR) is 70.4 cm³/mol. The van der Waals surface area contributed by atoms with Crippen molar-refractivity contribution in [3.8, 4) is 0 Å². The maximum Gasteiger partial charge on any atom is 0.0713 e. The van der Waals surface area contributed by atoms with Crippen molar-refractivity contribution in [1.82, 2.24) is 4.57 Å². The largest absolute Gasteiger partial charge is 0.397 e. The van der Waals surface area contributed by atoms with Crippen molar-refractivity contribution in [2.75, 3.05) is 5.73 Å². The molecule has 1 heterocycles. The first-order valence-electron chi connectivity index (χ1n) is 5.81. The molecule has 0 saturated heterocycles. The van der Waals surface area contributed by atoms with Gasteiger partial charge in [-0.1, -0.05) is 32.9 Å². The lowest BCUT2D eigenvalue weighted by atomic mass is 9.92. The molecule has 2 heteroatoms. The Morgan fingerprint density at radius 1 is 1.19 bits per heavy atom. The highest BCUT2D eigenvalue weighted by Crippen LogP contribution is 2.25. The number of hydrogen-bond donors (Lipinski definition) is 1. The van der Waals surface area contributed by atoms with Gasteiger partial charge in [0.2, 0.25) is 0 Å². The van der Waals surface area contributed by atoms with Crippen molar-refractivity contribution in [3.63, 3.8) is 0 Å². The first kappa shape index (κ1) is 11.1. The molecule has 0 bridgehead atoms. The molecule has 2 N–H and O–H groups in total. The number of benzene rings is 1. The lowest BCUT2D eigenvalue weighted by Gasteiger charge is -2.19. The number of nitrogen functional groups attached to an aromatic ring is 1. The zero-order chi connectivity index (χ0) is 11.8. The fraction of sp³-hybridized carbons (Fsp3) is 0.429. The Morgan fingerprint density at radius 3 is 2.62 bits per heavy atom. The summed E-state index contributed by atoms with van der Waals surface area (Å²) in [4.78, 5) is 0. The van der Waals surface area contributed by atoms with E-state index in [1.165, 1.54) is 10.9 Å². The number of rotatable bonds is 2. The van der Waals surface area contributed by atoms with Crippen molar-refractivity contribution >= 4 is 16.6 Å². The van der Waals surface area contributed by atoms with Crippen LogP contribution < -0.4 is 5.73 Å². The Bertz CT molecular complexity index is 489. The maximum absolute atomic E-state index is 6.02. The summed E-state index contributed by atoms with van der Waals surface area (Å²) >= 11 is 0. The van der Waals surface area contributed by atoms with Gasteiger partial charge < -0.3 is 10.3 Å². The molecule has 0 spiro atoms. The van der Waals surface area contributed by atoms with E-state index in [4.69, 9.17) is 5.73 Å². The maximum atomic E-state index is 6.02.